The minimum Gasteiger partial charge on any atom is -0.480 e. The van der Waals surface area contributed by atoms with Crippen LogP contribution in [0.25, 0.3) is 0 Å². The van der Waals surface area contributed by atoms with Crippen molar-refractivity contribution in [3.8, 4) is 0 Å². The molecule has 106 valence electrons. The maximum Gasteiger partial charge on any atom is 0.327 e. The Labute approximate surface area is 114 Å². The van der Waals surface area contributed by atoms with E-state index in [1.165, 1.54) is 6.92 Å². The lowest BCUT2D eigenvalue weighted by Gasteiger charge is -2.15. The average molecular weight is 288 g/mol. The molecule has 8 heteroatoms. The van der Waals surface area contributed by atoms with Gasteiger partial charge in [-0.25, -0.2) is 4.79 Å². The number of amides is 3. The van der Waals surface area contributed by atoms with Gasteiger partial charge in [0.15, 0.2) is 0 Å². The molecular weight excluding hydrogens is 272 g/mol. The predicted molar refractivity (Wildman–Crippen MR) is 68.5 cm³/mol. The number of nitrogens with zero attached hydrogens (tertiary/aromatic N) is 1. The third kappa shape index (κ3) is 3.95. The lowest BCUT2D eigenvalue weighted by molar-refractivity contribution is -0.141. The van der Waals surface area contributed by atoms with Gasteiger partial charge in [-0.3, -0.25) is 19.3 Å². The largest absolute Gasteiger partial charge is 0.480 e. The van der Waals surface area contributed by atoms with Crippen LogP contribution in [0.2, 0.25) is 0 Å². The van der Waals surface area contributed by atoms with Gasteiger partial charge in [-0.15, -0.1) is 11.8 Å². The fraction of sp³-hybridized carbons (Fsp3) is 0.636. The Morgan fingerprint density at radius 3 is 2.58 bits per heavy atom. The Morgan fingerprint density at radius 2 is 2.16 bits per heavy atom. The van der Waals surface area contributed by atoms with E-state index >= 15 is 0 Å². The molecule has 1 saturated heterocycles. The molecule has 0 radical (unpaired) electrons. The van der Waals surface area contributed by atoms with Crippen molar-refractivity contribution in [1.29, 1.82) is 0 Å². The summed E-state index contributed by atoms with van der Waals surface area (Å²) in [5.74, 6) is -2.08. The summed E-state index contributed by atoms with van der Waals surface area (Å²) < 4.78 is 0. The van der Waals surface area contributed by atoms with Gasteiger partial charge in [0.25, 0.3) is 0 Å². The number of carbonyl (C=O) groups is 4. The highest BCUT2D eigenvalue weighted by Gasteiger charge is 2.38. The molecule has 1 heterocycles. The van der Waals surface area contributed by atoms with Crippen LogP contribution in [0.3, 0.4) is 0 Å². The molecular formula is C11H16N2O5S. The van der Waals surface area contributed by atoms with E-state index in [1.807, 2.05) is 0 Å². The van der Waals surface area contributed by atoms with Gasteiger partial charge in [0.05, 0.1) is 5.25 Å². The summed E-state index contributed by atoms with van der Waals surface area (Å²) in [6.07, 6.45) is 0.0871. The third-order valence-electron chi connectivity index (χ3n) is 2.66. The Hall–Kier alpha value is -1.57. The SMILES string of the molecule is CCN1C(=O)CC(SCC(NC(C)=O)C(=O)O)C1=O. The van der Waals surface area contributed by atoms with E-state index in [0.29, 0.717) is 6.54 Å². The van der Waals surface area contributed by atoms with Crippen molar-refractivity contribution in [2.24, 2.45) is 0 Å². The highest BCUT2D eigenvalue weighted by Crippen LogP contribution is 2.25. The molecule has 0 aromatic carbocycles. The average Bonchev–Trinajstić information content (AvgIpc) is 2.58. The normalized spacial score (nSPS) is 20.5. The van der Waals surface area contributed by atoms with Crippen LogP contribution in [0.1, 0.15) is 20.3 Å². The van der Waals surface area contributed by atoms with Crippen molar-refractivity contribution < 1.29 is 24.3 Å². The number of hydrogen-bond donors (Lipinski definition) is 2. The van der Waals surface area contributed by atoms with Crippen LogP contribution in [0.4, 0.5) is 0 Å². The van der Waals surface area contributed by atoms with Crippen LogP contribution < -0.4 is 5.32 Å². The summed E-state index contributed by atoms with van der Waals surface area (Å²) in [6, 6.07) is -1.05. The Balaban J connectivity index is 2.56. The maximum atomic E-state index is 11.8. The number of aliphatic carboxylic acids is 1. The molecule has 1 rings (SSSR count). The summed E-state index contributed by atoms with van der Waals surface area (Å²) in [4.78, 5) is 46.2. The number of nitrogens with one attached hydrogen (secondary N) is 1. The van der Waals surface area contributed by atoms with E-state index in [0.717, 1.165) is 16.7 Å². The van der Waals surface area contributed by atoms with E-state index < -0.39 is 23.2 Å². The van der Waals surface area contributed by atoms with Crippen molar-refractivity contribution in [1.82, 2.24) is 10.2 Å². The number of imide groups is 1. The molecule has 0 aromatic rings. The third-order valence-corrected chi connectivity index (χ3v) is 3.95. The van der Waals surface area contributed by atoms with Crippen molar-refractivity contribution in [3.05, 3.63) is 0 Å². The molecule has 1 fully saturated rings. The van der Waals surface area contributed by atoms with Gasteiger partial charge in [0.2, 0.25) is 17.7 Å². The topological polar surface area (TPSA) is 104 Å². The zero-order chi connectivity index (χ0) is 14.6. The highest BCUT2D eigenvalue weighted by molar-refractivity contribution is 8.00. The standard InChI is InChI=1S/C11H16N2O5S/c1-3-13-9(15)4-8(10(13)16)19-5-7(11(17)18)12-6(2)14/h7-8H,3-5H2,1-2H3,(H,12,14)(H,17,18). The summed E-state index contributed by atoms with van der Waals surface area (Å²) in [5.41, 5.74) is 0. The first-order chi connectivity index (χ1) is 8.86. The molecule has 0 bridgehead atoms. The van der Waals surface area contributed by atoms with Gasteiger partial charge in [0, 0.05) is 25.6 Å². The summed E-state index contributed by atoms with van der Waals surface area (Å²) in [5, 5.41) is 10.7. The second-order valence-corrected chi connectivity index (χ2v) is 5.33. The lowest BCUT2D eigenvalue weighted by atomic mass is 10.3. The first kappa shape index (κ1) is 15.5. The number of carboxylic acids is 1. The zero-order valence-electron chi connectivity index (χ0n) is 10.7. The second-order valence-electron chi connectivity index (χ2n) is 4.09. The van der Waals surface area contributed by atoms with Gasteiger partial charge >= 0.3 is 5.97 Å². The van der Waals surface area contributed by atoms with E-state index in [1.54, 1.807) is 6.92 Å². The minimum absolute atomic E-state index is 0.0517. The monoisotopic (exact) mass is 288 g/mol. The Morgan fingerprint density at radius 1 is 1.53 bits per heavy atom. The van der Waals surface area contributed by atoms with Gasteiger partial charge in [-0.2, -0.15) is 0 Å². The molecule has 19 heavy (non-hydrogen) atoms. The van der Waals surface area contributed by atoms with Crippen LogP contribution in [0.5, 0.6) is 0 Å². The molecule has 0 saturated carbocycles. The quantitative estimate of drug-likeness (QED) is 0.636. The molecule has 0 aliphatic carbocycles. The molecule has 3 amide bonds. The first-order valence-electron chi connectivity index (χ1n) is 5.82. The van der Waals surface area contributed by atoms with Crippen molar-refractivity contribution in [3.63, 3.8) is 0 Å². The van der Waals surface area contributed by atoms with Gasteiger partial charge in [-0.1, -0.05) is 0 Å². The van der Waals surface area contributed by atoms with Gasteiger partial charge in [0.1, 0.15) is 6.04 Å². The summed E-state index contributed by atoms with van der Waals surface area (Å²) >= 11 is 1.09. The Bertz CT molecular complexity index is 412. The first-order valence-corrected chi connectivity index (χ1v) is 6.87. The van der Waals surface area contributed by atoms with E-state index in [2.05, 4.69) is 5.32 Å². The maximum absolute atomic E-state index is 11.8. The minimum atomic E-state index is -1.16. The number of rotatable bonds is 6. The van der Waals surface area contributed by atoms with Crippen LogP contribution in [-0.2, 0) is 19.2 Å². The Kier molecular flexibility index (Phi) is 5.34. The highest BCUT2D eigenvalue weighted by atomic mass is 32.2. The molecule has 2 unspecified atom stereocenters. The smallest absolute Gasteiger partial charge is 0.327 e. The van der Waals surface area contributed by atoms with Crippen molar-refractivity contribution in [2.75, 3.05) is 12.3 Å². The number of carbonyl (C=O) groups excluding carboxylic acids is 3. The number of carboxylic acid groups (broad SMARTS) is 1. The van der Waals surface area contributed by atoms with Crippen LogP contribution >= 0.6 is 11.8 Å². The van der Waals surface area contributed by atoms with Crippen LogP contribution in [0.15, 0.2) is 0 Å². The summed E-state index contributed by atoms with van der Waals surface area (Å²) in [7, 11) is 0. The zero-order valence-corrected chi connectivity index (χ0v) is 11.5. The molecule has 2 atom stereocenters. The number of likely N-dealkylation sites (tertiary alicyclic amines) is 1. The predicted octanol–water partition coefficient (Wildman–Crippen LogP) is -0.544. The van der Waals surface area contributed by atoms with E-state index in [-0.39, 0.29) is 24.0 Å². The fourth-order valence-corrected chi connectivity index (χ4v) is 2.93. The number of hydrogen-bond acceptors (Lipinski definition) is 5. The lowest BCUT2D eigenvalue weighted by Crippen LogP contribution is -2.42. The van der Waals surface area contributed by atoms with Gasteiger partial charge < -0.3 is 10.4 Å². The van der Waals surface area contributed by atoms with Crippen LogP contribution in [0, 0.1) is 0 Å². The fourth-order valence-electron chi connectivity index (χ4n) is 1.75. The molecule has 0 aromatic heterocycles. The molecule has 7 nitrogen and oxygen atoms in total. The van der Waals surface area contributed by atoms with Crippen LogP contribution in [-0.4, -0.2) is 57.3 Å². The molecule has 1 aliphatic rings. The van der Waals surface area contributed by atoms with Crippen molar-refractivity contribution >= 4 is 35.5 Å². The number of thioether (sulfide) groups is 1. The molecule has 1 aliphatic heterocycles. The van der Waals surface area contributed by atoms with E-state index in [9.17, 15) is 19.2 Å². The second kappa shape index (κ2) is 6.55. The van der Waals surface area contributed by atoms with Crippen molar-refractivity contribution in [2.45, 2.75) is 31.6 Å². The molecule has 2 N–H and O–H groups in total. The van der Waals surface area contributed by atoms with Gasteiger partial charge in [-0.05, 0) is 6.92 Å². The molecule has 0 spiro atoms. The van der Waals surface area contributed by atoms with E-state index in [4.69, 9.17) is 5.11 Å². The summed E-state index contributed by atoms with van der Waals surface area (Å²) in [6.45, 7) is 3.26.